The van der Waals surface area contributed by atoms with Crippen LogP contribution in [-0.4, -0.2) is 62.7 Å². The quantitative estimate of drug-likeness (QED) is 0.272. The minimum atomic E-state index is -4.16. The maximum Gasteiger partial charge on any atom is 0.304 e. The highest BCUT2D eigenvalue weighted by Crippen LogP contribution is 2.23. The molecular weight excluding hydrogens is 567 g/mol. The second kappa shape index (κ2) is 15.0. The molecule has 0 unspecified atom stereocenters. The standard InChI is InChI=1S/C30H36ClFN4O4S/c1-4-5-18-33-30(38)28(20-23-10-7-6-8-11-23)35(21-24-12-9-13-25(31)19-24)29(37)22-36(41(39,40)34(2)3)27-16-14-26(32)15-17-27/h6-17,19,28H,4-5,18,20-22H2,1-3H3,(H,33,38)/t28-/m0/s1. The van der Waals surface area contributed by atoms with Crippen molar-refractivity contribution < 1.29 is 22.4 Å². The number of hydrogen-bond acceptors (Lipinski definition) is 4. The molecule has 2 amide bonds. The number of nitrogens with one attached hydrogen (secondary N) is 1. The maximum atomic E-state index is 14.1. The molecule has 0 aliphatic carbocycles. The first kappa shape index (κ1) is 32.0. The molecule has 0 fully saturated rings. The number of unbranched alkanes of at least 4 members (excludes halogenated alkanes) is 1. The van der Waals surface area contributed by atoms with Gasteiger partial charge < -0.3 is 10.2 Å². The zero-order valence-electron chi connectivity index (χ0n) is 23.5. The lowest BCUT2D eigenvalue weighted by Crippen LogP contribution is -2.54. The fourth-order valence-corrected chi connectivity index (χ4v) is 5.49. The average Bonchev–Trinajstić information content (AvgIpc) is 2.94. The monoisotopic (exact) mass is 602 g/mol. The molecule has 0 aromatic heterocycles. The molecule has 0 saturated heterocycles. The second-order valence-corrected chi connectivity index (χ2v) is 12.3. The van der Waals surface area contributed by atoms with Crippen molar-refractivity contribution in [1.82, 2.24) is 14.5 Å². The molecular formula is C30H36ClFN4O4S. The number of carbonyl (C=O) groups is 2. The molecule has 0 spiro atoms. The number of hydrogen-bond donors (Lipinski definition) is 1. The van der Waals surface area contributed by atoms with Gasteiger partial charge in [-0.25, -0.2) is 8.70 Å². The highest BCUT2D eigenvalue weighted by molar-refractivity contribution is 7.90. The van der Waals surface area contributed by atoms with Crippen LogP contribution in [0.15, 0.2) is 78.9 Å². The first-order chi connectivity index (χ1) is 19.5. The molecule has 0 saturated carbocycles. The van der Waals surface area contributed by atoms with Crippen LogP contribution in [0.3, 0.4) is 0 Å². The number of rotatable bonds is 14. The number of nitrogens with zero attached hydrogens (tertiary/aromatic N) is 3. The summed E-state index contributed by atoms with van der Waals surface area (Å²) >= 11 is 6.23. The van der Waals surface area contributed by atoms with Crippen LogP contribution in [0.25, 0.3) is 0 Å². The van der Waals surface area contributed by atoms with E-state index < -0.39 is 34.5 Å². The predicted octanol–water partition coefficient (Wildman–Crippen LogP) is 4.65. The third-order valence-corrected chi connectivity index (χ3v) is 8.53. The van der Waals surface area contributed by atoms with Crippen molar-refractivity contribution in [2.24, 2.45) is 0 Å². The molecule has 0 bridgehead atoms. The molecule has 1 N–H and O–H groups in total. The van der Waals surface area contributed by atoms with Gasteiger partial charge in [-0.1, -0.05) is 67.4 Å². The number of anilines is 1. The zero-order chi connectivity index (χ0) is 30.0. The molecule has 0 radical (unpaired) electrons. The number of halogens is 2. The first-order valence-electron chi connectivity index (χ1n) is 13.3. The summed E-state index contributed by atoms with van der Waals surface area (Å²) in [6, 6.07) is 20.1. The van der Waals surface area contributed by atoms with Crippen molar-refractivity contribution in [3.8, 4) is 0 Å². The molecule has 3 rings (SSSR count). The highest BCUT2D eigenvalue weighted by Gasteiger charge is 2.34. The summed E-state index contributed by atoms with van der Waals surface area (Å²) in [6.07, 6.45) is 1.86. The largest absolute Gasteiger partial charge is 0.354 e. The molecule has 0 heterocycles. The summed E-state index contributed by atoms with van der Waals surface area (Å²) in [5.41, 5.74) is 1.63. The van der Waals surface area contributed by atoms with Gasteiger partial charge in [0.1, 0.15) is 18.4 Å². The van der Waals surface area contributed by atoms with Crippen molar-refractivity contribution in [3.63, 3.8) is 0 Å². The van der Waals surface area contributed by atoms with E-state index in [1.54, 1.807) is 24.3 Å². The summed E-state index contributed by atoms with van der Waals surface area (Å²) in [4.78, 5) is 29.1. The van der Waals surface area contributed by atoms with E-state index >= 15 is 0 Å². The van der Waals surface area contributed by atoms with Crippen LogP contribution >= 0.6 is 11.6 Å². The van der Waals surface area contributed by atoms with Gasteiger partial charge in [0.2, 0.25) is 11.8 Å². The van der Waals surface area contributed by atoms with Gasteiger partial charge >= 0.3 is 10.2 Å². The van der Waals surface area contributed by atoms with E-state index in [1.807, 2.05) is 37.3 Å². The Morgan fingerprint density at radius 1 is 0.951 bits per heavy atom. The molecule has 41 heavy (non-hydrogen) atoms. The van der Waals surface area contributed by atoms with Crippen LogP contribution in [0.5, 0.6) is 0 Å². The maximum absolute atomic E-state index is 14.1. The van der Waals surface area contributed by atoms with Gasteiger partial charge in [0, 0.05) is 38.6 Å². The molecule has 11 heteroatoms. The van der Waals surface area contributed by atoms with Gasteiger partial charge in [-0.3, -0.25) is 9.59 Å². The Balaban J connectivity index is 2.07. The van der Waals surface area contributed by atoms with E-state index in [-0.39, 0.29) is 24.6 Å². The lowest BCUT2D eigenvalue weighted by molar-refractivity contribution is -0.140. The normalized spacial score (nSPS) is 12.1. The molecule has 8 nitrogen and oxygen atoms in total. The van der Waals surface area contributed by atoms with Crippen LogP contribution in [0.4, 0.5) is 10.1 Å². The summed E-state index contributed by atoms with van der Waals surface area (Å²) in [5.74, 6) is -1.50. The minimum Gasteiger partial charge on any atom is -0.354 e. The summed E-state index contributed by atoms with van der Waals surface area (Å²) in [5, 5.41) is 3.40. The topological polar surface area (TPSA) is 90.0 Å². The van der Waals surface area contributed by atoms with Crippen LogP contribution in [0, 0.1) is 5.82 Å². The average molecular weight is 603 g/mol. The van der Waals surface area contributed by atoms with Crippen LogP contribution in [0.2, 0.25) is 5.02 Å². The van der Waals surface area contributed by atoms with E-state index in [0.717, 1.165) is 39.1 Å². The van der Waals surface area contributed by atoms with Gasteiger partial charge in [0.05, 0.1) is 5.69 Å². The van der Waals surface area contributed by atoms with Crippen molar-refractivity contribution in [2.45, 2.75) is 38.8 Å². The molecule has 1 atom stereocenters. The first-order valence-corrected chi connectivity index (χ1v) is 15.1. The SMILES string of the molecule is CCCCNC(=O)[C@H](Cc1ccccc1)N(Cc1cccc(Cl)c1)C(=O)CN(c1ccc(F)cc1)S(=O)(=O)N(C)C. The minimum absolute atomic E-state index is 0.0113. The number of benzene rings is 3. The lowest BCUT2D eigenvalue weighted by Gasteiger charge is -2.34. The molecule has 220 valence electrons. The van der Waals surface area contributed by atoms with Gasteiger partial charge in [-0.2, -0.15) is 12.7 Å². The fraction of sp³-hybridized carbons (Fsp3) is 0.333. The van der Waals surface area contributed by atoms with Gasteiger partial charge in [-0.05, 0) is 53.9 Å². The summed E-state index contributed by atoms with van der Waals surface area (Å²) in [6.45, 7) is 1.85. The van der Waals surface area contributed by atoms with Crippen LogP contribution in [-0.2, 0) is 32.8 Å². The van der Waals surface area contributed by atoms with E-state index in [4.69, 9.17) is 11.6 Å². The van der Waals surface area contributed by atoms with Crippen LogP contribution < -0.4 is 9.62 Å². The van der Waals surface area contributed by atoms with E-state index in [0.29, 0.717) is 17.1 Å². The molecule has 3 aromatic carbocycles. The number of carbonyl (C=O) groups excluding carboxylic acids is 2. The Morgan fingerprint density at radius 2 is 1.61 bits per heavy atom. The Labute approximate surface area is 246 Å². The Morgan fingerprint density at radius 3 is 2.22 bits per heavy atom. The van der Waals surface area contributed by atoms with Gasteiger partial charge in [0.15, 0.2) is 0 Å². The third kappa shape index (κ3) is 9.01. The molecule has 0 aliphatic heterocycles. The van der Waals surface area contributed by atoms with E-state index in [2.05, 4.69) is 5.32 Å². The van der Waals surface area contributed by atoms with E-state index in [9.17, 15) is 22.4 Å². The summed E-state index contributed by atoms with van der Waals surface area (Å²) in [7, 11) is -1.47. The lowest BCUT2D eigenvalue weighted by atomic mass is 10.0. The Kier molecular flexibility index (Phi) is 11.7. The predicted molar refractivity (Wildman–Crippen MR) is 160 cm³/mol. The zero-order valence-corrected chi connectivity index (χ0v) is 25.0. The van der Waals surface area contributed by atoms with E-state index in [1.165, 1.54) is 31.1 Å². The van der Waals surface area contributed by atoms with Crippen molar-refractivity contribution in [1.29, 1.82) is 0 Å². The van der Waals surface area contributed by atoms with Crippen LogP contribution in [0.1, 0.15) is 30.9 Å². The fourth-order valence-electron chi connectivity index (χ4n) is 4.22. The number of amides is 2. The Hall–Kier alpha value is -3.47. The van der Waals surface area contributed by atoms with Crippen molar-refractivity contribution >= 4 is 39.3 Å². The molecule has 3 aromatic rings. The van der Waals surface area contributed by atoms with Gasteiger partial charge in [-0.15, -0.1) is 0 Å². The van der Waals surface area contributed by atoms with Crippen molar-refractivity contribution in [2.75, 3.05) is 31.5 Å². The van der Waals surface area contributed by atoms with Crippen molar-refractivity contribution in [3.05, 3.63) is 101 Å². The molecule has 0 aliphatic rings. The van der Waals surface area contributed by atoms with Gasteiger partial charge in [0.25, 0.3) is 0 Å². The highest BCUT2D eigenvalue weighted by atomic mass is 35.5. The third-order valence-electron chi connectivity index (χ3n) is 6.48. The summed E-state index contributed by atoms with van der Waals surface area (Å²) < 4.78 is 42.3. The smallest absolute Gasteiger partial charge is 0.304 e. The second-order valence-electron chi connectivity index (χ2n) is 9.77. The Bertz CT molecular complexity index is 1410.